The average molecular weight is 389 g/mol. The first-order valence-electron chi connectivity index (χ1n) is 10.5. The lowest BCUT2D eigenvalue weighted by Crippen LogP contribution is -2.44. The Bertz CT molecular complexity index is 670. The van der Waals surface area contributed by atoms with Crippen molar-refractivity contribution in [3.05, 3.63) is 29.8 Å². The van der Waals surface area contributed by atoms with Crippen molar-refractivity contribution in [2.45, 2.75) is 57.6 Å². The number of likely N-dealkylation sites (tertiary alicyclic amines) is 2. The molecule has 0 aromatic heterocycles. The minimum atomic E-state index is 0.0175. The summed E-state index contributed by atoms with van der Waals surface area (Å²) in [5.74, 6) is 0.761. The minimum Gasteiger partial charge on any atom is -0.489 e. The van der Waals surface area contributed by atoms with Gasteiger partial charge in [0.2, 0.25) is 5.91 Å². The molecule has 2 heterocycles. The van der Waals surface area contributed by atoms with Crippen molar-refractivity contribution < 1.29 is 19.1 Å². The number of nitrogens with zero attached hydrogens (tertiary/aromatic N) is 2. The lowest BCUT2D eigenvalue weighted by Gasteiger charge is -2.36. The fraction of sp³-hybridized carbons (Fsp3) is 0.636. The SMILES string of the molecule is CC[C@H]1CCCCN1C(=O)c1ccccc1OC1CCN(C(=O)COC)CC1. The van der Waals surface area contributed by atoms with Crippen molar-refractivity contribution in [3.8, 4) is 5.75 Å². The van der Waals surface area contributed by atoms with Crippen LogP contribution in [0.25, 0.3) is 0 Å². The fourth-order valence-corrected chi connectivity index (χ4v) is 4.21. The van der Waals surface area contributed by atoms with Crippen molar-refractivity contribution in [3.63, 3.8) is 0 Å². The zero-order valence-corrected chi connectivity index (χ0v) is 17.1. The minimum absolute atomic E-state index is 0.0175. The topological polar surface area (TPSA) is 59.1 Å². The van der Waals surface area contributed by atoms with Crippen molar-refractivity contribution in [2.75, 3.05) is 33.4 Å². The van der Waals surface area contributed by atoms with Gasteiger partial charge in [0.25, 0.3) is 5.91 Å². The molecular formula is C22H32N2O4. The summed E-state index contributed by atoms with van der Waals surface area (Å²) in [4.78, 5) is 29.0. The number of hydrogen-bond donors (Lipinski definition) is 0. The van der Waals surface area contributed by atoms with Gasteiger partial charge in [-0.15, -0.1) is 0 Å². The van der Waals surface area contributed by atoms with Gasteiger partial charge in [0.1, 0.15) is 18.5 Å². The van der Waals surface area contributed by atoms with Gasteiger partial charge < -0.3 is 19.3 Å². The van der Waals surface area contributed by atoms with Crippen molar-refractivity contribution >= 4 is 11.8 Å². The second kappa shape index (κ2) is 9.92. The maximum Gasteiger partial charge on any atom is 0.257 e. The molecule has 0 spiro atoms. The van der Waals surface area contributed by atoms with Crippen LogP contribution in [0.15, 0.2) is 24.3 Å². The summed E-state index contributed by atoms with van der Waals surface area (Å²) >= 11 is 0. The van der Waals surface area contributed by atoms with Crippen LogP contribution >= 0.6 is 0 Å². The second-order valence-electron chi connectivity index (χ2n) is 7.68. The molecule has 3 rings (SSSR count). The second-order valence-corrected chi connectivity index (χ2v) is 7.68. The molecule has 2 fully saturated rings. The van der Waals surface area contributed by atoms with Gasteiger partial charge in [0.05, 0.1) is 5.56 Å². The number of methoxy groups -OCH3 is 1. The molecule has 28 heavy (non-hydrogen) atoms. The molecule has 0 radical (unpaired) electrons. The van der Waals surface area contributed by atoms with Gasteiger partial charge in [0, 0.05) is 45.6 Å². The zero-order chi connectivity index (χ0) is 19.9. The summed E-state index contributed by atoms with van der Waals surface area (Å²) in [6, 6.07) is 7.90. The largest absolute Gasteiger partial charge is 0.489 e. The van der Waals surface area contributed by atoms with E-state index in [0.717, 1.165) is 38.6 Å². The Balaban J connectivity index is 1.65. The van der Waals surface area contributed by atoms with Crippen molar-refractivity contribution in [1.29, 1.82) is 0 Å². The number of para-hydroxylation sites is 1. The van der Waals surface area contributed by atoms with E-state index in [0.29, 0.717) is 30.4 Å². The van der Waals surface area contributed by atoms with E-state index in [4.69, 9.17) is 9.47 Å². The Hall–Kier alpha value is -2.08. The molecule has 0 unspecified atom stereocenters. The summed E-state index contributed by atoms with van der Waals surface area (Å²) in [6.07, 6.45) is 5.88. The van der Waals surface area contributed by atoms with E-state index in [1.54, 1.807) is 0 Å². The molecule has 2 aliphatic rings. The predicted molar refractivity (Wildman–Crippen MR) is 108 cm³/mol. The van der Waals surface area contributed by atoms with E-state index < -0.39 is 0 Å². The summed E-state index contributed by atoms with van der Waals surface area (Å²) in [6.45, 7) is 4.42. The van der Waals surface area contributed by atoms with E-state index in [9.17, 15) is 9.59 Å². The molecule has 6 nitrogen and oxygen atoms in total. The Labute approximate surface area is 167 Å². The number of carbonyl (C=O) groups is 2. The third-order valence-corrected chi connectivity index (χ3v) is 5.83. The van der Waals surface area contributed by atoms with Crippen LogP contribution in [-0.4, -0.2) is 67.1 Å². The van der Waals surface area contributed by atoms with Crippen LogP contribution in [0.5, 0.6) is 5.75 Å². The molecule has 2 aliphatic heterocycles. The molecule has 2 amide bonds. The molecule has 0 saturated carbocycles. The van der Waals surface area contributed by atoms with Crippen LogP contribution in [0.4, 0.5) is 0 Å². The molecular weight excluding hydrogens is 356 g/mol. The van der Waals surface area contributed by atoms with Crippen molar-refractivity contribution in [1.82, 2.24) is 9.80 Å². The Morgan fingerprint density at radius 1 is 1.07 bits per heavy atom. The maximum absolute atomic E-state index is 13.2. The lowest BCUT2D eigenvalue weighted by molar-refractivity contribution is -0.136. The van der Waals surface area contributed by atoms with E-state index >= 15 is 0 Å². The summed E-state index contributed by atoms with van der Waals surface area (Å²) in [5.41, 5.74) is 0.653. The molecule has 1 aromatic rings. The zero-order valence-electron chi connectivity index (χ0n) is 17.1. The molecule has 1 atom stereocenters. The molecule has 6 heteroatoms. The number of benzene rings is 1. The highest BCUT2D eigenvalue weighted by Crippen LogP contribution is 2.28. The van der Waals surface area contributed by atoms with Gasteiger partial charge >= 0.3 is 0 Å². The van der Waals surface area contributed by atoms with E-state index in [1.165, 1.54) is 13.5 Å². The number of hydrogen-bond acceptors (Lipinski definition) is 4. The normalized spacial score (nSPS) is 20.9. The molecule has 154 valence electrons. The number of amides is 2. The summed E-state index contributed by atoms with van der Waals surface area (Å²) < 4.78 is 11.2. The molecule has 0 bridgehead atoms. The molecule has 0 aliphatic carbocycles. The van der Waals surface area contributed by atoms with E-state index in [-0.39, 0.29) is 24.5 Å². The highest BCUT2D eigenvalue weighted by atomic mass is 16.5. The fourth-order valence-electron chi connectivity index (χ4n) is 4.21. The Kier molecular flexibility index (Phi) is 7.31. The summed E-state index contributed by atoms with van der Waals surface area (Å²) in [5, 5.41) is 0. The van der Waals surface area contributed by atoms with Gasteiger partial charge in [-0.2, -0.15) is 0 Å². The van der Waals surface area contributed by atoms with Crippen LogP contribution in [0.1, 0.15) is 55.8 Å². The maximum atomic E-state index is 13.2. The van der Waals surface area contributed by atoms with Crippen LogP contribution in [0.3, 0.4) is 0 Å². The van der Waals surface area contributed by atoms with Crippen LogP contribution in [0.2, 0.25) is 0 Å². The van der Waals surface area contributed by atoms with Gasteiger partial charge in [0.15, 0.2) is 0 Å². The van der Waals surface area contributed by atoms with Gasteiger partial charge in [-0.1, -0.05) is 19.1 Å². The quantitative estimate of drug-likeness (QED) is 0.751. The standard InChI is InChI=1S/C22H32N2O4/c1-3-17-8-6-7-13-24(17)22(26)19-9-4-5-10-20(19)28-18-11-14-23(15-12-18)21(25)16-27-2/h4-5,9-10,17-18H,3,6-8,11-16H2,1-2H3/t17-/m0/s1. The molecule has 1 aromatic carbocycles. The average Bonchev–Trinajstić information content (AvgIpc) is 2.74. The van der Waals surface area contributed by atoms with Crippen molar-refractivity contribution in [2.24, 2.45) is 0 Å². The third-order valence-electron chi connectivity index (χ3n) is 5.83. The first kappa shape index (κ1) is 20.6. The number of ether oxygens (including phenoxy) is 2. The summed E-state index contributed by atoms with van der Waals surface area (Å²) in [7, 11) is 1.53. The van der Waals surface area contributed by atoms with Gasteiger partial charge in [-0.05, 0) is 37.8 Å². The van der Waals surface area contributed by atoms with Crippen LogP contribution in [-0.2, 0) is 9.53 Å². The van der Waals surface area contributed by atoms with E-state index in [2.05, 4.69) is 6.92 Å². The van der Waals surface area contributed by atoms with E-state index in [1.807, 2.05) is 34.1 Å². The monoisotopic (exact) mass is 388 g/mol. The number of rotatable bonds is 6. The molecule has 0 N–H and O–H groups in total. The Morgan fingerprint density at radius 3 is 2.54 bits per heavy atom. The van der Waals surface area contributed by atoms with Crippen LogP contribution in [0, 0.1) is 0 Å². The number of carbonyl (C=O) groups excluding carboxylic acids is 2. The molecule has 2 saturated heterocycles. The third kappa shape index (κ3) is 4.85. The number of piperidine rings is 2. The predicted octanol–water partition coefficient (Wildman–Crippen LogP) is 3.11. The highest BCUT2D eigenvalue weighted by Gasteiger charge is 2.29. The smallest absolute Gasteiger partial charge is 0.257 e. The highest BCUT2D eigenvalue weighted by molar-refractivity contribution is 5.97. The Morgan fingerprint density at radius 2 is 1.82 bits per heavy atom. The first-order chi connectivity index (χ1) is 13.6. The van der Waals surface area contributed by atoms with Crippen LogP contribution < -0.4 is 4.74 Å². The first-order valence-corrected chi connectivity index (χ1v) is 10.5. The van der Waals surface area contributed by atoms with Gasteiger partial charge in [-0.3, -0.25) is 9.59 Å². The lowest BCUT2D eigenvalue weighted by atomic mass is 9.98. The van der Waals surface area contributed by atoms with Gasteiger partial charge in [-0.25, -0.2) is 0 Å².